The number of nitrogens with one attached hydrogen (secondary N) is 1. The van der Waals surface area contributed by atoms with Crippen LogP contribution in [-0.2, 0) is 6.54 Å². The van der Waals surface area contributed by atoms with E-state index in [4.69, 9.17) is 11.6 Å². The number of rotatable bonds is 3. The van der Waals surface area contributed by atoms with Gasteiger partial charge in [0, 0.05) is 18.1 Å². The highest BCUT2D eigenvalue weighted by Crippen LogP contribution is 2.24. The first-order chi connectivity index (χ1) is 10.0. The Morgan fingerprint density at radius 1 is 1.33 bits per heavy atom. The molecule has 1 aromatic carbocycles. The van der Waals surface area contributed by atoms with Gasteiger partial charge in [0.05, 0.1) is 21.7 Å². The molecule has 0 saturated heterocycles. The van der Waals surface area contributed by atoms with Crippen LogP contribution in [0, 0.1) is 12.7 Å². The van der Waals surface area contributed by atoms with E-state index in [-0.39, 0.29) is 5.82 Å². The van der Waals surface area contributed by atoms with Crippen LogP contribution >= 0.6 is 27.5 Å². The molecule has 3 aromatic rings. The number of aryl methyl sites for hydroxylation is 1. The third kappa shape index (κ3) is 3.04. The number of nitrogens with zero attached hydrogens (tertiary/aromatic N) is 2. The van der Waals surface area contributed by atoms with E-state index in [2.05, 4.69) is 26.2 Å². The van der Waals surface area contributed by atoms with Crippen molar-refractivity contribution in [1.82, 2.24) is 9.38 Å². The van der Waals surface area contributed by atoms with E-state index < -0.39 is 0 Å². The van der Waals surface area contributed by atoms with Gasteiger partial charge in [-0.2, -0.15) is 0 Å². The third-order valence-electron chi connectivity index (χ3n) is 3.19. The average Bonchev–Trinajstić information content (AvgIpc) is 2.83. The topological polar surface area (TPSA) is 29.3 Å². The second-order valence-electron chi connectivity index (χ2n) is 4.78. The number of hydrogen-bond donors (Lipinski definition) is 1. The summed E-state index contributed by atoms with van der Waals surface area (Å²) in [6.45, 7) is 2.42. The van der Waals surface area contributed by atoms with Gasteiger partial charge in [-0.25, -0.2) is 9.37 Å². The molecule has 0 aliphatic rings. The highest BCUT2D eigenvalue weighted by molar-refractivity contribution is 9.10. The van der Waals surface area contributed by atoms with Gasteiger partial charge in [0.1, 0.15) is 11.5 Å². The Morgan fingerprint density at radius 2 is 2.14 bits per heavy atom. The third-order valence-corrected chi connectivity index (χ3v) is 4.02. The van der Waals surface area contributed by atoms with Gasteiger partial charge in [0.2, 0.25) is 0 Å². The Balaban J connectivity index is 1.81. The molecule has 6 heteroatoms. The van der Waals surface area contributed by atoms with Gasteiger partial charge in [-0.15, -0.1) is 0 Å². The van der Waals surface area contributed by atoms with Crippen molar-refractivity contribution in [2.75, 3.05) is 5.32 Å². The van der Waals surface area contributed by atoms with E-state index in [9.17, 15) is 4.39 Å². The van der Waals surface area contributed by atoms with Crippen LogP contribution in [0.2, 0.25) is 5.02 Å². The molecule has 21 heavy (non-hydrogen) atoms. The summed E-state index contributed by atoms with van der Waals surface area (Å²) in [5.41, 5.74) is 3.45. The van der Waals surface area contributed by atoms with Crippen LogP contribution in [0.5, 0.6) is 0 Å². The molecule has 2 aromatic heterocycles. The van der Waals surface area contributed by atoms with Crippen molar-refractivity contribution in [2.24, 2.45) is 0 Å². The minimum Gasteiger partial charge on any atom is -0.379 e. The van der Waals surface area contributed by atoms with Gasteiger partial charge < -0.3 is 9.72 Å². The van der Waals surface area contributed by atoms with Crippen LogP contribution in [0.1, 0.15) is 11.3 Å². The summed E-state index contributed by atoms with van der Waals surface area (Å²) in [5, 5.41) is 3.93. The first-order valence-corrected chi connectivity index (χ1v) is 7.52. The van der Waals surface area contributed by atoms with Gasteiger partial charge in [-0.05, 0) is 52.7 Å². The van der Waals surface area contributed by atoms with Crippen molar-refractivity contribution in [2.45, 2.75) is 13.5 Å². The molecule has 2 heterocycles. The molecule has 0 spiro atoms. The van der Waals surface area contributed by atoms with E-state index in [1.54, 1.807) is 6.07 Å². The number of anilines is 1. The highest BCUT2D eigenvalue weighted by atomic mass is 79.9. The summed E-state index contributed by atoms with van der Waals surface area (Å²) in [6.07, 6.45) is 3.73. The van der Waals surface area contributed by atoms with E-state index in [1.807, 2.05) is 35.9 Å². The zero-order chi connectivity index (χ0) is 15.0. The van der Waals surface area contributed by atoms with Crippen molar-refractivity contribution in [1.29, 1.82) is 0 Å². The summed E-state index contributed by atoms with van der Waals surface area (Å²) >= 11 is 9.14. The summed E-state index contributed by atoms with van der Waals surface area (Å²) in [5.74, 6) is -0.263. The van der Waals surface area contributed by atoms with Gasteiger partial charge in [0.15, 0.2) is 0 Å². The summed E-state index contributed by atoms with van der Waals surface area (Å²) < 4.78 is 15.7. The number of benzene rings is 1. The number of aromatic nitrogens is 2. The maximum atomic E-state index is 13.4. The highest BCUT2D eigenvalue weighted by Gasteiger charge is 2.06. The number of fused-ring (bicyclic) bond motifs is 1. The monoisotopic (exact) mass is 367 g/mol. The van der Waals surface area contributed by atoms with E-state index in [0.29, 0.717) is 16.0 Å². The van der Waals surface area contributed by atoms with Crippen LogP contribution in [0.4, 0.5) is 10.1 Å². The van der Waals surface area contributed by atoms with Gasteiger partial charge in [-0.3, -0.25) is 0 Å². The summed E-state index contributed by atoms with van der Waals surface area (Å²) in [7, 11) is 0. The number of imidazole rings is 1. The molecule has 3 rings (SSSR count). The molecule has 0 saturated carbocycles. The maximum Gasteiger partial charge on any atom is 0.137 e. The van der Waals surface area contributed by atoms with Gasteiger partial charge in [-0.1, -0.05) is 11.6 Å². The number of pyridine rings is 1. The fraction of sp³-hybridized carbons (Fsp3) is 0.133. The molecule has 3 nitrogen and oxygen atoms in total. The average molecular weight is 369 g/mol. The lowest BCUT2D eigenvalue weighted by atomic mass is 10.2. The van der Waals surface area contributed by atoms with Crippen molar-refractivity contribution in [3.05, 3.63) is 63.2 Å². The minimum absolute atomic E-state index is 0.263. The van der Waals surface area contributed by atoms with Crippen molar-refractivity contribution < 1.29 is 4.39 Å². The Hall–Kier alpha value is -1.59. The molecule has 0 amide bonds. The summed E-state index contributed by atoms with van der Waals surface area (Å²) in [6, 6.07) is 6.90. The first-order valence-electron chi connectivity index (χ1n) is 6.35. The Morgan fingerprint density at radius 3 is 2.95 bits per heavy atom. The molecule has 0 bridgehead atoms. The second kappa shape index (κ2) is 5.66. The molecule has 0 unspecified atom stereocenters. The van der Waals surface area contributed by atoms with Crippen molar-refractivity contribution in [3.8, 4) is 0 Å². The molecular formula is C15H12BrClFN3. The van der Waals surface area contributed by atoms with Crippen LogP contribution in [0.3, 0.4) is 0 Å². The Kier molecular flexibility index (Phi) is 3.87. The fourth-order valence-corrected chi connectivity index (χ4v) is 2.64. The van der Waals surface area contributed by atoms with Crippen LogP contribution < -0.4 is 5.32 Å². The zero-order valence-electron chi connectivity index (χ0n) is 11.2. The van der Waals surface area contributed by atoms with Crippen LogP contribution in [0.15, 0.2) is 41.1 Å². The molecule has 1 N–H and O–H groups in total. The molecule has 0 aliphatic carbocycles. The molecule has 0 atom stereocenters. The zero-order valence-corrected chi connectivity index (χ0v) is 13.5. The SMILES string of the molecule is Cc1cc(F)c(Br)cc1NCc1cn2cc(Cl)ccc2n1. The molecule has 0 fully saturated rings. The Bertz CT molecular complexity index is 816. The lowest BCUT2D eigenvalue weighted by molar-refractivity contribution is 0.620. The van der Waals surface area contributed by atoms with Gasteiger partial charge in [0.25, 0.3) is 0 Å². The van der Waals surface area contributed by atoms with E-state index in [1.165, 1.54) is 6.07 Å². The number of halogens is 3. The standard InChI is InChI=1S/C15H12BrClFN3/c1-9-4-13(18)12(16)5-14(9)19-6-11-8-21-7-10(17)2-3-15(21)20-11/h2-5,7-8,19H,6H2,1H3. The smallest absolute Gasteiger partial charge is 0.137 e. The quantitative estimate of drug-likeness (QED) is 0.719. The van der Waals surface area contributed by atoms with Crippen LogP contribution in [-0.4, -0.2) is 9.38 Å². The number of hydrogen-bond acceptors (Lipinski definition) is 2. The second-order valence-corrected chi connectivity index (χ2v) is 6.07. The van der Waals surface area contributed by atoms with Crippen LogP contribution in [0.25, 0.3) is 5.65 Å². The molecule has 108 valence electrons. The molecule has 0 aliphatic heterocycles. The Labute approximate surface area is 134 Å². The lowest BCUT2D eigenvalue weighted by Crippen LogP contribution is -2.02. The predicted molar refractivity (Wildman–Crippen MR) is 86.4 cm³/mol. The normalized spacial score (nSPS) is 11.0. The largest absolute Gasteiger partial charge is 0.379 e. The van der Waals surface area contributed by atoms with E-state index in [0.717, 1.165) is 22.6 Å². The molecule has 0 radical (unpaired) electrons. The lowest BCUT2D eigenvalue weighted by Gasteiger charge is -2.09. The predicted octanol–water partition coefficient (Wildman–Crippen LogP) is 4.81. The molecular weight excluding hydrogens is 357 g/mol. The van der Waals surface area contributed by atoms with Crippen molar-refractivity contribution >= 4 is 38.9 Å². The van der Waals surface area contributed by atoms with Gasteiger partial charge >= 0.3 is 0 Å². The minimum atomic E-state index is -0.263. The van der Waals surface area contributed by atoms with E-state index >= 15 is 0 Å². The van der Waals surface area contributed by atoms with Crippen molar-refractivity contribution in [3.63, 3.8) is 0 Å². The fourth-order valence-electron chi connectivity index (χ4n) is 2.12. The summed E-state index contributed by atoms with van der Waals surface area (Å²) in [4.78, 5) is 4.49. The first kappa shape index (κ1) is 14.4. The maximum absolute atomic E-state index is 13.4.